The van der Waals surface area contributed by atoms with Gasteiger partial charge in [0.15, 0.2) is 0 Å². The number of halogens is 1. The Labute approximate surface area is 104 Å². The number of hydrogen-bond acceptors (Lipinski definition) is 2. The molecular formula is C12H14ClN3O. The number of hydrogen-bond donors (Lipinski definition) is 2. The largest absolute Gasteiger partial charge is 0.326 e. The van der Waals surface area contributed by atoms with Gasteiger partial charge in [0, 0.05) is 17.3 Å². The van der Waals surface area contributed by atoms with Gasteiger partial charge in [-0.3, -0.25) is 9.89 Å². The number of nitrogens with two attached hydrogens (primary N) is 1. The third kappa shape index (κ3) is 2.01. The Hall–Kier alpha value is -1.52. The molecule has 0 spiro atoms. The summed E-state index contributed by atoms with van der Waals surface area (Å²) in [7, 11) is 0. The summed E-state index contributed by atoms with van der Waals surface area (Å²) < 4.78 is 1.48. The maximum absolute atomic E-state index is 12.1. The average molecular weight is 252 g/mol. The highest BCUT2D eigenvalue weighted by atomic mass is 35.5. The van der Waals surface area contributed by atoms with Crippen molar-refractivity contribution in [2.24, 2.45) is 5.73 Å². The first-order valence-electron chi connectivity index (χ1n) is 5.31. The van der Waals surface area contributed by atoms with Gasteiger partial charge in [0.25, 0.3) is 5.56 Å². The number of nitrogens with zero attached hydrogens (tertiary/aromatic N) is 1. The molecule has 0 saturated carbocycles. The molecule has 0 fully saturated rings. The molecule has 0 aliphatic carbocycles. The van der Waals surface area contributed by atoms with E-state index in [4.69, 9.17) is 17.3 Å². The molecule has 0 amide bonds. The smallest absolute Gasteiger partial charge is 0.275 e. The van der Waals surface area contributed by atoms with E-state index in [9.17, 15) is 4.79 Å². The standard InChI is InChI=1S/C12H14ClN3O/c1-7-3-4-9(13)5-11(7)16-12(17)10(6-14)8(2)15-16/h3-5,15H,6,14H2,1-2H3. The minimum atomic E-state index is -0.115. The van der Waals surface area contributed by atoms with Crippen LogP contribution < -0.4 is 11.3 Å². The maximum atomic E-state index is 12.1. The molecule has 4 nitrogen and oxygen atoms in total. The van der Waals surface area contributed by atoms with Crippen LogP contribution in [0.25, 0.3) is 5.69 Å². The van der Waals surface area contributed by atoms with Crippen LogP contribution in [0.4, 0.5) is 0 Å². The third-order valence-corrected chi connectivity index (χ3v) is 3.04. The van der Waals surface area contributed by atoms with E-state index >= 15 is 0 Å². The highest BCUT2D eigenvalue weighted by molar-refractivity contribution is 6.30. The van der Waals surface area contributed by atoms with E-state index in [1.807, 2.05) is 19.9 Å². The lowest BCUT2D eigenvalue weighted by Gasteiger charge is -2.06. The minimum Gasteiger partial charge on any atom is -0.326 e. The lowest BCUT2D eigenvalue weighted by molar-refractivity contribution is 0.828. The zero-order chi connectivity index (χ0) is 12.6. The molecule has 2 aromatic rings. The lowest BCUT2D eigenvalue weighted by atomic mass is 10.2. The topological polar surface area (TPSA) is 63.8 Å². The molecule has 1 heterocycles. The van der Waals surface area contributed by atoms with E-state index in [2.05, 4.69) is 5.10 Å². The van der Waals surface area contributed by atoms with Crippen LogP contribution in [-0.4, -0.2) is 9.78 Å². The van der Waals surface area contributed by atoms with Crippen molar-refractivity contribution in [2.75, 3.05) is 0 Å². The van der Waals surface area contributed by atoms with Crippen LogP contribution in [0.5, 0.6) is 0 Å². The molecule has 0 atom stereocenters. The number of aromatic amines is 1. The summed E-state index contributed by atoms with van der Waals surface area (Å²) in [6.07, 6.45) is 0. The van der Waals surface area contributed by atoms with Crippen molar-refractivity contribution in [1.29, 1.82) is 0 Å². The molecule has 0 aliphatic rings. The van der Waals surface area contributed by atoms with E-state index < -0.39 is 0 Å². The summed E-state index contributed by atoms with van der Waals surface area (Å²) >= 11 is 5.95. The average Bonchev–Trinajstić information content (AvgIpc) is 2.57. The number of aromatic nitrogens is 2. The SMILES string of the molecule is Cc1ccc(Cl)cc1-n1[nH]c(C)c(CN)c1=O. The van der Waals surface area contributed by atoms with E-state index in [1.165, 1.54) is 4.68 Å². The lowest BCUT2D eigenvalue weighted by Crippen LogP contribution is -2.19. The number of H-pyrrole nitrogens is 1. The molecular weight excluding hydrogens is 238 g/mol. The third-order valence-electron chi connectivity index (χ3n) is 2.81. The fourth-order valence-corrected chi connectivity index (χ4v) is 1.98. The van der Waals surface area contributed by atoms with Gasteiger partial charge >= 0.3 is 0 Å². The molecule has 3 N–H and O–H groups in total. The Morgan fingerprint density at radius 3 is 2.71 bits per heavy atom. The minimum absolute atomic E-state index is 0.115. The van der Waals surface area contributed by atoms with Crippen molar-refractivity contribution in [1.82, 2.24) is 9.78 Å². The molecule has 0 unspecified atom stereocenters. The molecule has 1 aromatic carbocycles. The van der Waals surface area contributed by atoms with Crippen LogP contribution in [0, 0.1) is 13.8 Å². The normalized spacial score (nSPS) is 10.8. The van der Waals surface area contributed by atoms with Gasteiger partial charge in [-0.25, -0.2) is 4.68 Å². The van der Waals surface area contributed by atoms with Crippen molar-refractivity contribution < 1.29 is 0 Å². The Morgan fingerprint density at radius 2 is 2.12 bits per heavy atom. The summed E-state index contributed by atoms with van der Waals surface area (Å²) in [6.45, 7) is 3.99. The molecule has 2 rings (SSSR count). The van der Waals surface area contributed by atoms with Crippen LogP contribution >= 0.6 is 11.6 Å². The number of aryl methyl sites for hydroxylation is 2. The predicted octanol–water partition coefficient (Wildman–Crippen LogP) is 1.89. The Morgan fingerprint density at radius 1 is 1.41 bits per heavy atom. The molecule has 0 bridgehead atoms. The van der Waals surface area contributed by atoms with Gasteiger partial charge in [-0.1, -0.05) is 17.7 Å². The molecule has 0 radical (unpaired) electrons. The first-order valence-corrected chi connectivity index (χ1v) is 5.69. The van der Waals surface area contributed by atoms with Crippen LogP contribution in [-0.2, 0) is 6.54 Å². The molecule has 5 heteroatoms. The summed E-state index contributed by atoms with van der Waals surface area (Å²) in [6, 6.07) is 5.43. The van der Waals surface area contributed by atoms with Crippen molar-refractivity contribution in [3.8, 4) is 5.69 Å². The van der Waals surface area contributed by atoms with Crippen molar-refractivity contribution in [2.45, 2.75) is 20.4 Å². The number of rotatable bonds is 2. The quantitative estimate of drug-likeness (QED) is 0.856. The first kappa shape index (κ1) is 12.0. The second-order valence-electron chi connectivity index (χ2n) is 3.99. The zero-order valence-corrected chi connectivity index (χ0v) is 10.5. The summed E-state index contributed by atoms with van der Waals surface area (Å²) in [5.74, 6) is 0. The Kier molecular flexibility index (Phi) is 3.09. The Bertz CT molecular complexity index is 613. The predicted molar refractivity (Wildman–Crippen MR) is 68.8 cm³/mol. The van der Waals surface area contributed by atoms with E-state index in [1.54, 1.807) is 12.1 Å². The van der Waals surface area contributed by atoms with E-state index in [-0.39, 0.29) is 12.1 Å². The van der Waals surface area contributed by atoms with Crippen molar-refractivity contribution >= 4 is 11.6 Å². The number of benzene rings is 1. The molecule has 17 heavy (non-hydrogen) atoms. The zero-order valence-electron chi connectivity index (χ0n) is 9.75. The van der Waals surface area contributed by atoms with Crippen LogP contribution in [0.3, 0.4) is 0 Å². The van der Waals surface area contributed by atoms with Gasteiger partial charge in [-0.05, 0) is 31.5 Å². The van der Waals surface area contributed by atoms with Gasteiger partial charge in [-0.15, -0.1) is 0 Å². The molecule has 90 valence electrons. The first-order chi connectivity index (χ1) is 8.04. The van der Waals surface area contributed by atoms with Gasteiger partial charge in [0.05, 0.1) is 11.3 Å². The fraction of sp³-hybridized carbons (Fsp3) is 0.250. The highest BCUT2D eigenvalue weighted by Crippen LogP contribution is 2.18. The van der Waals surface area contributed by atoms with Crippen LogP contribution in [0.1, 0.15) is 16.8 Å². The van der Waals surface area contributed by atoms with Gasteiger partial charge in [0.1, 0.15) is 0 Å². The maximum Gasteiger partial charge on any atom is 0.275 e. The Balaban J connectivity index is 2.69. The highest BCUT2D eigenvalue weighted by Gasteiger charge is 2.12. The van der Waals surface area contributed by atoms with Gasteiger partial charge < -0.3 is 5.73 Å². The van der Waals surface area contributed by atoms with Gasteiger partial charge in [-0.2, -0.15) is 0 Å². The summed E-state index contributed by atoms with van der Waals surface area (Å²) in [5, 5.41) is 3.61. The second-order valence-corrected chi connectivity index (χ2v) is 4.43. The summed E-state index contributed by atoms with van der Waals surface area (Å²) in [4.78, 5) is 12.1. The van der Waals surface area contributed by atoms with Gasteiger partial charge in [0.2, 0.25) is 0 Å². The molecule has 0 saturated heterocycles. The van der Waals surface area contributed by atoms with Crippen molar-refractivity contribution in [3.05, 3.63) is 50.4 Å². The fourth-order valence-electron chi connectivity index (χ4n) is 1.81. The van der Waals surface area contributed by atoms with Crippen LogP contribution in [0.2, 0.25) is 5.02 Å². The number of nitrogens with one attached hydrogen (secondary N) is 1. The van der Waals surface area contributed by atoms with Crippen LogP contribution in [0.15, 0.2) is 23.0 Å². The second kappa shape index (κ2) is 4.39. The molecule has 0 aliphatic heterocycles. The monoisotopic (exact) mass is 251 g/mol. The van der Waals surface area contributed by atoms with Crippen molar-refractivity contribution in [3.63, 3.8) is 0 Å². The van der Waals surface area contributed by atoms with E-state index in [0.29, 0.717) is 10.6 Å². The summed E-state index contributed by atoms with van der Waals surface area (Å²) in [5.41, 5.74) is 8.55. The van der Waals surface area contributed by atoms with E-state index in [0.717, 1.165) is 16.9 Å². The molecule has 1 aromatic heterocycles.